The second kappa shape index (κ2) is 10.5. The second-order valence-corrected chi connectivity index (χ2v) is 8.70. The molecule has 0 aliphatic heterocycles. The van der Waals surface area contributed by atoms with Crippen molar-refractivity contribution in [3.8, 4) is 0 Å². The molecule has 2 N–H and O–H groups in total. The molecule has 182 valence electrons. The lowest BCUT2D eigenvalue weighted by Gasteiger charge is -2.19. The van der Waals surface area contributed by atoms with E-state index in [1.807, 2.05) is 77.5 Å². The normalized spacial score (nSPS) is 12.0. The third-order valence-corrected chi connectivity index (χ3v) is 6.34. The highest BCUT2D eigenvalue weighted by Gasteiger charge is 2.21. The van der Waals surface area contributed by atoms with Crippen molar-refractivity contribution in [1.82, 2.24) is 14.5 Å². The highest BCUT2D eigenvalue weighted by atomic mass is 16.5. The number of anilines is 1. The van der Waals surface area contributed by atoms with Gasteiger partial charge in [-0.3, -0.25) is 9.59 Å². The van der Waals surface area contributed by atoms with E-state index in [4.69, 9.17) is 4.74 Å². The van der Waals surface area contributed by atoms with Crippen LogP contribution in [0.3, 0.4) is 0 Å². The van der Waals surface area contributed by atoms with Gasteiger partial charge in [0.05, 0.1) is 36.4 Å². The van der Waals surface area contributed by atoms with Gasteiger partial charge in [0.1, 0.15) is 0 Å². The molecule has 1 atom stereocenters. The Morgan fingerprint density at radius 3 is 2.69 bits per heavy atom. The number of H-pyrrole nitrogens is 1. The summed E-state index contributed by atoms with van der Waals surface area (Å²) in [5.41, 5.74) is 5.50. The first-order valence-electron chi connectivity index (χ1n) is 12.1. The van der Waals surface area contributed by atoms with Crippen molar-refractivity contribution < 1.29 is 14.3 Å². The number of nitrogens with one attached hydrogen (secondary N) is 2. The lowest BCUT2D eigenvalue weighted by molar-refractivity contribution is -0.143. The van der Waals surface area contributed by atoms with Gasteiger partial charge in [-0.15, -0.1) is 0 Å². The summed E-state index contributed by atoms with van der Waals surface area (Å²) in [5.74, 6) is -0.327. The minimum absolute atomic E-state index is 0.0585. The van der Waals surface area contributed by atoms with E-state index < -0.39 is 0 Å². The average Bonchev–Trinajstić information content (AvgIpc) is 3.51. The SMILES string of the molecule is CCOC(=O)CC(c1ccccc1)n1cnc2ccc(NC(=O)CCc3c[nH]c4ccccc34)cc21. The Kier molecular flexibility index (Phi) is 6.80. The first-order chi connectivity index (χ1) is 17.6. The van der Waals surface area contributed by atoms with Gasteiger partial charge in [0.25, 0.3) is 0 Å². The molecule has 5 rings (SSSR count). The van der Waals surface area contributed by atoms with Crippen LogP contribution in [0.2, 0.25) is 0 Å². The van der Waals surface area contributed by atoms with E-state index in [1.165, 1.54) is 0 Å². The molecular weight excluding hydrogens is 452 g/mol. The summed E-state index contributed by atoms with van der Waals surface area (Å²) < 4.78 is 7.21. The molecule has 0 fully saturated rings. The van der Waals surface area contributed by atoms with Gasteiger partial charge in [0, 0.05) is 29.2 Å². The van der Waals surface area contributed by atoms with Crippen molar-refractivity contribution in [2.75, 3.05) is 11.9 Å². The molecule has 0 aliphatic carbocycles. The predicted molar refractivity (Wildman–Crippen MR) is 141 cm³/mol. The van der Waals surface area contributed by atoms with Crippen LogP contribution < -0.4 is 5.32 Å². The number of para-hydroxylation sites is 1. The van der Waals surface area contributed by atoms with Gasteiger partial charge in [-0.05, 0) is 48.7 Å². The fourth-order valence-corrected chi connectivity index (χ4v) is 4.59. The van der Waals surface area contributed by atoms with Gasteiger partial charge in [-0.2, -0.15) is 0 Å². The number of ether oxygens (including phenoxy) is 1. The van der Waals surface area contributed by atoms with Crippen molar-refractivity contribution in [1.29, 1.82) is 0 Å². The van der Waals surface area contributed by atoms with Gasteiger partial charge in [0.2, 0.25) is 5.91 Å². The summed E-state index contributed by atoms with van der Waals surface area (Å²) >= 11 is 0. The van der Waals surface area contributed by atoms with E-state index in [1.54, 1.807) is 13.3 Å². The highest BCUT2D eigenvalue weighted by molar-refractivity contribution is 5.93. The lowest BCUT2D eigenvalue weighted by Crippen LogP contribution is -2.17. The van der Waals surface area contributed by atoms with E-state index in [2.05, 4.69) is 21.4 Å². The van der Waals surface area contributed by atoms with E-state index in [0.717, 1.165) is 33.1 Å². The number of hydrogen-bond acceptors (Lipinski definition) is 4. The molecule has 5 aromatic rings. The monoisotopic (exact) mass is 480 g/mol. The van der Waals surface area contributed by atoms with E-state index in [0.29, 0.717) is 25.1 Å². The molecule has 0 saturated carbocycles. The number of fused-ring (bicyclic) bond motifs is 2. The van der Waals surface area contributed by atoms with Crippen LogP contribution in [0.1, 0.15) is 36.9 Å². The van der Waals surface area contributed by atoms with Crippen LogP contribution in [0.5, 0.6) is 0 Å². The summed E-state index contributed by atoms with van der Waals surface area (Å²) in [5, 5.41) is 4.16. The first-order valence-corrected chi connectivity index (χ1v) is 12.1. The number of amides is 1. The standard InChI is InChI=1S/C29H28N4O3/c1-2-36-29(35)17-26(20-8-4-3-5-9-20)33-19-31-25-14-13-22(16-27(25)33)32-28(34)15-12-21-18-30-24-11-7-6-10-23(21)24/h3-11,13-14,16,18-19,26,30H,2,12,15,17H2,1H3,(H,32,34). The molecule has 7 heteroatoms. The molecule has 0 bridgehead atoms. The quantitative estimate of drug-likeness (QED) is 0.268. The first kappa shape index (κ1) is 23.4. The van der Waals surface area contributed by atoms with Crippen molar-refractivity contribution in [3.63, 3.8) is 0 Å². The number of hydrogen-bond donors (Lipinski definition) is 2. The number of aryl methyl sites for hydroxylation is 1. The molecular formula is C29H28N4O3. The van der Waals surface area contributed by atoms with E-state index in [-0.39, 0.29) is 24.3 Å². The zero-order chi connectivity index (χ0) is 24.9. The average molecular weight is 481 g/mol. The molecule has 1 unspecified atom stereocenters. The number of imidazole rings is 1. The molecule has 2 aromatic heterocycles. The van der Waals surface area contributed by atoms with Crippen LogP contribution in [0, 0.1) is 0 Å². The maximum absolute atomic E-state index is 12.8. The molecule has 1 amide bonds. The Hall–Kier alpha value is -4.39. The smallest absolute Gasteiger partial charge is 0.308 e. The molecule has 3 aromatic carbocycles. The third-order valence-electron chi connectivity index (χ3n) is 6.34. The van der Waals surface area contributed by atoms with E-state index >= 15 is 0 Å². The molecule has 0 spiro atoms. The number of benzene rings is 3. The number of aromatic nitrogens is 3. The summed E-state index contributed by atoms with van der Waals surface area (Å²) in [6.45, 7) is 2.13. The Balaban J connectivity index is 1.35. The number of carbonyl (C=O) groups is 2. The van der Waals surface area contributed by atoms with Crippen LogP contribution in [0.4, 0.5) is 5.69 Å². The number of rotatable bonds is 9. The van der Waals surface area contributed by atoms with Crippen LogP contribution in [0.25, 0.3) is 21.9 Å². The minimum atomic E-state index is -0.275. The zero-order valence-electron chi connectivity index (χ0n) is 20.1. The Labute approximate surface area is 209 Å². The predicted octanol–water partition coefficient (Wildman–Crippen LogP) is 5.63. The molecule has 7 nitrogen and oxygen atoms in total. The van der Waals surface area contributed by atoms with Crippen LogP contribution in [-0.4, -0.2) is 33.0 Å². The molecule has 36 heavy (non-hydrogen) atoms. The van der Waals surface area contributed by atoms with E-state index in [9.17, 15) is 9.59 Å². The molecule has 0 saturated heterocycles. The number of esters is 1. The second-order valence-electron chi connectivity index (χ2n) is 8.70. The summed E-state index contributed by atoms with van der Waals surface area (Å²) in [7, 11) is 0. The number of carbonyl (C=O) groups excluding carboxylic acids is 2. The van der Waals surface area contributed by atoms with Crippen molar-refractivity contribution in [2.45, 2.75) is 32.2 Å². The van der Waals surface area contributed by atoms with Crippen molar-refractivity contribution in [3.05, 3.63) is 96.4 Å². The summed E-state index contributed by atoms with van der Waals surface area (Å²) in [6, 6.07) is 23.3. The van der Waals surface area contributed by atoms with Crippen molar-refractivity contribution >= 4 is 39.5 Å². The van der Waals surface area contributed by atoms with Gasteiger partial charge in [-0.25, -0.2) is 4.98 Å². The summed E-state index contributed by atoms with van der Waals surface area (Å²) in [6.07, 6.45) is 4.91. The van der Waals surface area contributed by atoms with Gasteiger partial charge in [0.15, 0.2) is 0 Å². The molecule has 2 heterocycles. The Morgan fingerprint density at radius 1 is 1.06 bits per heavy atom. The van der Waals surface area contributed by atoms with Crippen LogP contribution in [0.15, 0.2) is 85.3 Å². The maximum atomic E-state index is 12.8. The Morgan fingerprint density at radius 2 is 1.86 bits per heavy atom. The Bertz CT molecular complexity index is 1500. The van der Waals surface area contributed by atoms with Gasteiger partial charge in [-0.1, -0.05) is 48.5 Å². The van der Waals surface area contributed by atoms with Crippen molar-refractivity contribution in [2.24, 2.45) is 0 Å². The minimum Gasteiger partial charge on any atom is -0.466 e. The topological polar surface area (TPSA) is 89.0 Å². The van der Waals surface area contributed by atoms with Gasteiger partial charge < -0.3 is 19.6 Å². The molecule has 0 aliphatic rings. The van der Waals surface area contributed by atoms with Gasteiger partial charge >= 0.3 is 5.97 Å². The maximum Gasteiger partial charge on any atom is 0.308 e. The number of nitrogens with zero attached hydrogens (tertiary/aromatic N) is 2. The summed E-state index contributed by atoms with van der Waals surface area (Å²) in [4.78, 5) is 33.0. The zero-order valence-corrected chi connectivity index (χ0v) is 20.1. The van der Waals surface area contributed by atoms with Crippen LogP contribution >= 0.6 is 0 Å². The number of aromatic amines is 1. The molecule has 0 radical (unpaired) electrons. The largest absolute Gasteiger partial charge is 0.466 e. The third kappa shape index (κ3) is 5.00. The fourth-order valence-electron chi connectivity index (χ4n) is 4.59. The van der Waals surface area contributed by atoms with Crippen LogP contribution in [-0.2, 0) is 20.7 Å². The lowest BCUT2D eigenvalue weighted by atomic mass is 10.0. The fraction of sp³-hybridized carbons (Fsp3) is 0.207. The highest BCUT2D eigenvalue weighted by Crippen LogP contribution is 2.29.